The van der Waals surface area contributed by atoms with Gasteiger partial charge in [0.2, 0.25) is 0 Å². The molecule has 0 amide bonds. The summed E-state index contributed by atoms with van der Waals surface area (Å²) in [7, 11) is 0. The lowest BCUT2D eigenvalue weighted by Crippen LogP contribution is -2.37. The SMILES string of the molecule is Fc1ccc2oc(N3CCCC(c4[nH]ncc4CN4CCOCC4)C3)nc2c1. The molecule has 28 heavy (non-hydrogen) atoms. The van der Waals surface area contributed by atoms with E-state index in [9.17, 15) is 4.39 Å². The van der Waals surface area contributed by atoms with Crippen molar-refractivity contribution >= 4 is 17.1 Å². The molecule has 148 valence electrons. The van der Waals surface area contributed by atoms with Crippen molar-refractivity contribution in [2.75, 3.05) is 44.3 Å². The van der Waals surface area contributed by atoms with E-state index in [1.807, 2.05) is 6.20 Å². The van der Waals surface area contributed by atoms with Crippen molar-refractivity contribution in [2.45, 2.75) is 25.3 Å². The molecule has 2 aliphatic heterocycles. The molecule has 0 aliphatic carbocycles. The molecule has 1 unspecified atom stereocenters. The highest BCUT2D eigenvalue weighted by Gasteiger charge is 2.28. The first-order valence-electron chi connectivity index (χ1n) is 9.89. The predicted octanol–water partition coefficient (Wildman–Crippen LogP) is 2.91. The smallest absolute Gasteiger partial charge is 0.298 e. The highest BCUT2D eigenvalue weighted by atomic mass is 19.1. The van der Waals surface area contributed by atoms with Gasteiger partial charge in [-0.3, -0.25) is 10.00 Å². The summed E-state index contributed by atoms with van der Waals surface area (Å²) < 4.78 is 24.8. The number of anilines is 1. The van der Waals surface area contributed by atoms with Gasteiger partial charge in [0.05, 0.1) is 19.4 Å². The second-order valence-corrected chi connectivity index (χ2v) is 7.59. The maximum Gasteiger partial charge on any atom is 0.298 e. The molecule has 0 radical (unpaired) electrons. The number of nitrogens with zero attached hydrogens (tertiary/aromatic N) is 4. The molecule has 2 aliphatic rings. The van der Waals surface area contributed by atoms with Gasteiger partial charge in [-0.05, 0) is 25.0 Å². The van der Waals surface area contributed by atoms with Gasteiger partial charge in [0.15, 0.2) is 5.58 Å². The Balaban J connectivity index is 1.33. The summed E-state index contributed by atoms with van der Waals surface area (Å²) in [6.07, 6.45) is 4.10. The standard InChI is InChI=1S/C20H24FN5O2/c21-16-3-4-18-17(10-16)23-20(28-18)26-5-1-2-14(13-26)19-15(11-22-24-19)12-25-6-8-27-9-7-25/h3-4,10-11,14H,1-2,5-9,12-13H2,(H,22,24). The monoisotopic (exact) mass is 385 g/mol. The molecule has 0 saturated carbocycles. The van der Waals surface area contributed by atoms with Crippen LogP contribution in [0.25, 0.3) is 11.1 Å². The third-order valence-corrected chi connectivity index (χ3v) is 5.69. The first-order valence-corrected chi connectivity index (χ1v) is 9.89. The van der Waals surface area contributed by atoms with Crippen molar-refractivity contribution in [3.8, 4) is 0 Å². The fourth-order valence-electron chi connectivity index (χ4n) is 4.21. The number of aromatic amines is 1. The van der Waals surface area contributed by atoms with Gasteiger partial charge in [-0.25, -0.2) is 4.39 Å². The molecule has 5 rings (SSSR count). The number of hydrogen-bond donors (Lipinski definition) is 1. The van der Waals surface area contributed by atoms with E-state index in [2.05, 4.69) is 25.0 Å². The van der Waals surface area contributed by atoms with Crippen LogP contribution in [-0.2, 0) is 11.3 Å². The van der Waals surface area contributed by atoms with Crippen LogP contribution in [0.2, 0.25) is 0 Å². The molecule has 1 N–H and O–H groups in total. The van der Waals surface area contributed by atoms with Gasteiger partial charge in [-0.1, -0.05) is 0 Å². The molecule has 8 heteroatoms. The third kappa shape index (κ3) is 3.49. The maximum atomic E-state index is 13.5. The van der Waals surface area contributed by atoms with Crippen LogP contribution in [0.15, 0.2) is 28.8 Å². The average molecular weight is 385 g/mol. The first kappa shape index (κ1) is 17.6. The summed E-state index contributed by atoms with van der Waals surface area (Å²) in [4.78, 5) is 9.07. The quantitative estimate of drug-likeness (QED) is 0.745. The summed E-state index contributed by atoms with van der Waals surface area (Å²) in [5.41, 5.74) is 3.64. The molecule has 3 aromatic rings. The number of aromatic nitrogens is 3. The Labute approximate surface area is 162 Å². The first-order chi connectivity index (χ1) is 13.8. The summed E-state index contributed by atoms with van der Waals surface area (Å²) in [6, 6.07) is 5.02. The Kier molecular flexibility index (Phi) is 4.74. The van der Waals surface area contributed by atoms with Gasteiger partial charge in [0.25, 0.3) is 6.01 Å². The topological polar surface area (TPSA) is 70.4 Å². The number of oxazole rings is 1. The van der Waals surface area contributed by atoms with Crippen LogP contribution in [0, 0.1) is 5.82 Å². The number of morpholine rings is 1. The minimum atomic E-state index is -0.297. The summed E-state index contributed by atoms with van der Waals surface area (Å²) in [5.74, 6) is 0.0492. The number of rotatable bonds is 4. The van der Waals surface area contributed by atoms with Gasteiger partial charge in [0, 0.05) is 56.0 Å². The molecule has 7 nitrogen and oxygen atoms in total. The van der Waals surface area contributed by atoms with E-state index in [0.29, 0.717) is 23.0 Å². The second kappa shape index (κ2) is 7.52. The van der Waals surface area contributed by atoms with Gasteiger partial charge in [-0.15, -0.1) is 0 Å². The Hall–Kier alpha value is -2.45. The highest BCUT2D eigenvalue weighted by Crippen LogP contribution is 2.32. The predicted molar refractivity (Wildman–Crippen MR) is 103 cm³/mol. The number of nitrogens with one attached hydrogen (secondary N) is 1. The van der Waals surface area contributed by atoms with E-state index in [-0.39, 0.29) is 5.82 Å². The molecule has 0 spiro atoms. The van der Waals surface area contributed by atoms with Gasteiger partial charge < -0.3 is 14.1 Å². The van der Waals surface area contributed by atoms with Crippen LogP contribution < -0.4 is 4.90 Å². The molecule has 1 atom stereocenters. The van der Waals surface area contributed by atoms with Crippen molar-refractivity contribution in [1.82, 2.24) is 20.1 Å². The van der Waals surface area contributed by atoms with Crippen molar-refractivity contribution < 1.29 is 13.5 Å². The zero-order chi connectivity index (χ0) is 18.9. The van der Waals surface area contributed by atoms with Gasteiger partial charge >= 0.3 is 0 Å². The number of fused-ring (bicyclic) bond motifs is 1. The number of piperidine rings is 1. The average Bonchev–Trinajstić information content (AvgIpc) is 3.35. The van der Waals surface area contributed by atoms with Gasteiger partial charge in [0.1, 0.15) is 11.3 Å². The Bertz CT molecular complexity index is 949. The van der Waals surface area contributed by atoms with Gasteiger partial charge in [-0.2, -0.15) is 10.1 Å². The molecule has 0 bridgehead atoms. The summed E-state index contributed by atoms with van der Waals surface area (Å²) in [5, 5.41) is 7.56. The van der Waals surface area contributed by atoms with E-state index >= 15 is 0 Å². The lowest BCUT2D eigenvalue weighted by Gasteiger charge is -2.32. The highest BCUT2D eigenvalue weighted by molar-refractivity contribution is 5.74. The molecule has 2 saturated heterocycles. The van der Waals surface area contributed by atoms with E-state index in [1.54, 1.807) is 6.07 Å². The normalized spacial score (nSPS) is 21.5. The van der Waals surface area contributed by atoms with E-state index in [1.165, 1.54) is 23.4 Å². The molecule has 4 heterocycles. The number of halogens is 1. The van der Waals surface area contributed by atoms with Crippen LogP contribution in [0.4, 0.5) is 10.4 Å². The van der Waals surface area contributed by atoms with Crippen LogP contribution in [0.1, 0.15) is 30.0 Å². The van der Waals surface area contributed by atoms with Crippen LogP contribution in [-0.4, -0.2) is 59.5 Å². The number of H-pyrrole nitrogens is 1. The maximum absolute atomic E-state index is 13.5. The number of benzene rings is 1. The molecule has 2 fully saturated rings. The Morgan fingerprint density at radius 1 is 1.21 bits per heavy atom. The minimum Gasteiger partial charge on any atom is -0.423 e. The van der Waals surface area contributed by atoms with Crippen LogP contribution in [0.3, 0.4) is 0 Å². The van der Waals surface area contributed by atoms with Crippen LogP contribution in [0.5, 0.6) is 0 Å². The largest absolute Gasteiger partial charge is 0.423 e. The van der Waals surface area contributed by atoms with E-state index in [0.717, 1.165) is 58.8 Å². The van der Waals surface area contributed by atoms with E-state index in [4.69, 9.17) is 9.15 Å². The third-order valence-electron chi connectivity index (χ3n) is 5.69. The van der Waals surface area contributed by atoms with Crippen molar-refractivity contribution in [3.05, 3.63) is 41.5 Å². The Morgan fingerprint density at radius 3 is 3.00 bits per heavy atom. The number of hydrogen-bond acceptors (Lipinski definition) is 6. The van der Waals surface area contributed by atoms with Crippen molar-refractivity contribution in [1.29, 1.82) is 0 Å². The zero-order valence-corrected chi connectivity index (χ0v) is 15.7. The van der Waals surface area contributed by atoms with E-state index < -0.39 is 0 Å². The summed E-state index contributed by atoms with van der Waals surface area (Å²) >= 11 is 0. The molecular weight excluding hydrogens is 361 g/mol. The lowest BCUT2D eigenvalue weighted by atomic mass is 9.92. The summed E-state index contributed by atoms with van der Waals surface area (Å²) in [6.45, 7) is 6.10. The lowest BCUT2D eigenvalue weighted by molar-refractivity contribution is 0.0340. The fourth-order valence-corrected chi connectivity index (χ4v) is 4.21. The Morgan fingerprint density at radius 2 is 2.11 bits per heavy atom. The van der Waals surface area contributed by atoms with Crippen molar-refractivity contribution in [2.24, 2.45) is 0 Å². The minimum absolute atomic E-state index is 0.297. The van der Waals surface area contributed by atoms with Crippen LogP contribution >= 0.6 is 0 Å². The number of ether oxygens (including phenoxy) is 1. The molecule has 2 aromatic heterocycles. The molecular formula is C20H24FN5O2. The zero-order valence-electron chi connectivity index (χ0n) is 15.7. The van der Waals surface area contributed by atoms with Crippen molar-refractivity contribution in [3.63, 3.8) is 0 Å². The fraction of sp³-hybridized carbons (Fsp3) is 0.500. The molecule has 1 aromatic carbocycles. The second-order valence-electron chi connectivity index (χ2n) is 7.59.